The Kier molecular flexibility index (Phi) is 5.04. The van der Waals surface area contributed by atoms with E-state index in [-0.39, 0.29) is 11.9 Å². The third-order valence-corrected chi connectivity index (χ3v) is 4.78. The van der Waals surface area contributed by atoms with E-state index in [1.807, 2.05) is 0 Å². The summed E-state index contributed by atoms with van der Waals surface area (Å²) in [5, 5.41) is 6.61. The van der Waals surface area contributed by atoms with Gasteiger partial charge in [0.2, 0.25) is 5.91 Å². The van der Waals surface area contributed by atoms with Crippen molar-refractivity contribution in [3.05, 3.63) is 0 Å². The Labute approximate surface area is 111 Å². The third-order valence-electron chi connectivity index (χ3n) is 4.78. The Balaban J connectivity index is 1.81. The van der Waals surface area contributed by atoms with Crippen molar-refractivity contribution in [1.29, 1.82) is 0 Å². The van der Waals surface area contributed by atoms with Crippen LogP contribution in [0.2, 0.25) is 0 Å². The second kappa shape index (κ2) is 6.55. The van der Waals surface area contributed by atoms with Gasteiger partial charge in [-0.2, -0.15) is 0 Å². The molecule has 2 aliphatic rings. The van der Waals surface area contributed by atoms with Crippen molar-refractivity contribution < 1.29 is 4.79 Å². The van der Waals surface area contributed by atoms with Crippen LogP contribution in [-0.4, -0.2) is 24.5 Å². The van der Waals surface area contributed by atoms with Crippen LogP contribution in [0.1, 0.15) is 58.8 Å². The van der Waals surface area contributed by atoms with Gasteiger partial charge in [0.1, 0.15) is 0 Å². The lowest BCUT2D eigenvalue weighted by molar-refractivity contribution is -0.125. The fraction of sp³-hybridized carbons (Fsp3) is 0.933. The normalized spacial score (nSPS) is 31.9. The molecule has 0 bridgehead atoms. The van der Waals surface area contributed by atoms with Crippen molar-refractivity contribution in [2.45, 2.75) is 70.9 Å². The number of hydrogen-bond acceptors (Lipinski definition) is 2. The van der Waals surface area contributed by atoms with E-state index in [0.29, 0.717) is 17.9 Å². The maximum atomic E-state index is 12.3. The summed E-state index contributed by atoms with van der Waals surface area (Å²) in [6, 6.07) is 0.374. The van der Waals surface area contributed by atoms with E-state index < -0.39 is 0 Å². The molecule has 1 aliphatic heterocycles. The van der Waals surface area contributed by atoms with Gasteiger partial charge in [0.25, 0.3) is 0 Å². The van der Waals surface area contributed by atoms with Crippen LogP contribution < -0.4 is 10.6 Å². The monoisotopic (exact) mass is 252 g/mol. The van der Waals surface area contributed by atoms with E-state index in [2.05, 4.69) is 24.5 Å². The molecule has 0 aromatic heterocycles. The number of hydrogen-bond donors (Lipinski definition) is 2. The first kappa shape index (κ1) is 13.9. The van der Waals surface area contributed by atoms with Gasteiger partial charge in [-0.1, -0.05) is 26.2 Å². The van der Waals surface area contributed by atoms with Crippen LogP contribution >= 0.6 is 0 Å². The van der Waals surface area contributed by atoms with Crippen LogP contribution in [0.5, 0.6) is 0 Å². The molecular weight excluding hydrogens is 224 g/mol. The zero-order valence-electron chi connectivity index (χ0n) is 11.9. The van der Waals surface area contributed by atoms with Crippen molar-refractivity contribution in [3.63, 3.8) is 0 Å². The lowest BCUT2D eigenvalue weighted by atomic mass is 9.84. The van der Waals surface area contributed by atoms with E-state index in [1.165, 1.54) is 44.9 Å². The minimum absolute atomic E-state index is 0.0322. The smallest absolute Gasteiger partial charge is 0.237 e. The molecule has 3 atom stereocenters. The minimum Gasteiger partial charge on any atom is -0.352 e. The molecule has 3 nitrogen and oxygen atoms in total. The van der Waals surface area contributed by atoms with E-state index in [9.17, 15) is 4.79 Å². The van der Waals surface area contributed by atoms with Crippen LogP contribution in [-0.2, 0) is 4.79 Å². The summed E-state index contributed by atoms with van der Waals surface area (Å²) in [6.07, 6.45) is 8.99. The highest BCUT2D eigenvalue weighted by Gasteiger charge is 2.29. The molecule has 2 rings (SSSR count). The summed E-state index contributed by atoms with van der Waals surface area (Å²) in [5.41, 5.74) is 0. The van der Waals surface area contributed by atoms with Gasteiger partial charge < -0.3 is 10.6 Å². The van der Waals surface area contributed by atoms with E-state index in [4.69, 9.17) is 0 Å². The SMILES string of the molecule is CC1CCCNC1C(=O)N[C@H](C)C1CCCCC1. The van der Waals surface area contributed by atoms with Gasteiger partial charge in [-0.05, 0) is 51.0 Å². The Morgan fingerprint density at radius 1 is 1.17 bits per heavy atom. The fourth-order valence-corrected chi connectivity index (χ4v) is 3.47. The average molecular weight is 252 g/mol. The highest BCUT2D eigenvalue weighted by Crippen LogP contribution is 2.26. The highest BCUT2D eigenvalue weighted by molar-refractivity contribution is 5.82. The first-order valence-corrected chi connectivity index (χ1v) is 7.72. The third kappa shape index (κ3) is 3.47. The fourth-order valence-electron chi connectivity index (χ4n) is 3.47. The van der Waals surface area contributed by atoms with Crippen molar-refractivity contribution in [2.24, 2.45) is 11.8 Å². The number of amides is 1. The van der Waals surface area contributed by atoms with Gasteiger partial charge in [0.15, 0.2) is 0 Å². The molecule has 2 unspecified atom stereocenters. The number of nitrogens with one attached hydrogen (secondary N) is 2. The van der Waals surface area contributed by atoms with E-state index in [0.717, 1.165) is 6.54 Å². The predicted molar refractivity (Wildman–Crippen MR) is 74.4 cm³/mol. The summed E-state index contributed by atoms with van der Waals surface area (Å²) < 4.78 is 0. The van der Waals surface area contributed by atoms with Gasteiger partial charge in [-0.15, -0.1) is 0 Å². The molecule has 1 aliphatic carbocycles. The summed E-state index contributed by atoms with van der Waals surface area (Å²) in [5.74, 6) is 1.39. The summed E-state index contributed by atoms with van der Waals surface area (Å²) in [7, 11) is 0. The number of piperidine rings is 1. The Bertz CT molecular complexity index is 274. The Morgan fingerprint density at radius 2 is 1.89 bits per heavy atom. The standard InChI is InChI=1S/C15H28N2O/c1-11-7-6-10-16-14(11)15(18)17-12(2)13-8-4-3-5-9-13/h11-14,16H,3-10H2,1-2H3,(H,17,18)/t11?,12-,14?/m1/s1. The summed E-state index contributed by atoms with van der Waals surface area (Å²) >= 11 is 0. The van der Waals surface area contributed by atoms with Gasteiger partial charge in [0, 0.05) is 6.04 Å². The summed E-state index contributed by atoms with van der Waals surface area (Å²) in [4.78, 5) is 12.3. The Hall–Kier alpha value is -0.570. The van der Waals surface area contributed by atoms with Crippen LogP contribution in [0.15, 0.2) is 0 Å². The largest absolute Gasteiger partial charge is 0.352 e. The van der Waals surface area contributed by atoms with Crippen molar-refractivity contribution >= 4 is 5.91 Å². The first-order chi connectivity index (χ1) is 8.68. The zero-order valence-corrected chi connectivity index (χ0v) is 11.9. The Morgan fingerprint density at radius 3 is 2.56 bits per heavy atom. The molecule has 18 heavy (non-hydrogen) atoms. The van der Waals surface area contributed by atoms with Crippen molar-refractivity contribution in [3.8, 4) is 0 Å². The van der Waals surface area contributed by atoms with Crippen molar-refractivity contribution in [1.82, 2.24) is 10.6 Å². The molecule has 0 aromatic rings. The molecule has 1 saturated heterocycles. The second-order valence-corrected chi connectivity index (χ2v) is 6.25. The lowest BCUT2D eigenvalue weighted by Crippen LogP contribution is -2.53. The van der Waals surface area contributed by atoms with Crippen LogP contribution in [0.4, 0.5) is 0 Å². The molecular formula is C15H28N2O. The zero-order chi connectivity index (χ0) is 13.0. The van der Waals surface area contributed by atoms with Gasteiger partial charge in [-0.3, -0.25) is 4.79 Å². The quantitative estimate of drug-likeness (QED) is 0.810. The second-order valence-electron chi connectivity index (χ2n) is 6.25. The number of rotatable bonds is 3. The van der Waals surface area contributed by atoms with Crippen LogP contribution in [0, 0.1) is 11.8 Å². The molecule has 0 aromatic carbocycles. The molecule has 1 heterocycles. The van der Waals surface area contributed by atoms with Gasteiger partial charge in [0.05, 0.1) is 6.04 Å². The minimum atomic E-state index is 0.0322. The maximum Gasteiger partial charge on any atom is 0.237 e. The van der Waals surface area contributed by atoms with E-state index >= 15 is 0 Å². The summed E-state index contributed by atoms with van der Waals surface area (Å²) in [6.45, 7) is 5.35. The molecule has 0 spiro atoms. The van der Waals surface area contributed by atoms with E-state index in [1.54, 1.807) is 0 Å². The van der Waals surface area contributed by atoms with Crippen molar-refractivity contribution in [2.75, 3.05) is 6.54 Å². The first-order valence-electron chi connectivity index (χ1n) is 7.72. The molecule has 1 amide bonds. The topological polar surface area (TPSA) is 41.1 Å². The van der Waals surface area contributed by atoms with Crippen LogP contribution in [0.3, 0.4) is 0 Å². The lowest BCUT2D eigenvalue weighted by Gasteiger charge is -2.33. The maximum absolute atomic E-state index is 12.3. The number of carbonyl (C=O) groups excluding carboxylic acids is 1. The molecule has 104 valence electrons. The molecule has 1 saturated carbocycles. The molecule has 2 N–H and O–H groups in total. The molecule has 0 radical (unpaired) electrons. The number of carbonyl (C=O) groups is 1. The van der Waals surface area contributed by atoms with Crippen LogP contribution in [0.25, 0.3) is 0 Å². The molecule has 2 fully saturated rings. The molecule has 3 heteroatoms. The average Bonchev–Trinajstić information content (AvgIpc) is 2.40. The van der Waals surface area contributed by atoms with Gasteiger partial charge >= 0.3 is 0 Å². The predicted octanol–water partition coefficient (Wildman–Crippen LogP) is 2.46. The van der Waals surface area contributed by atoms with Gasteiger partial charge in [-0.25, -0.2) is 0 Å². The highest BCUT2D eigenvalue weighted by atomic mass is 16.2.